The van der Waals surface area contributed by atoms with Crippen LogP contribution in [-0.2, 0) is 33.5 Å². The van der Waals surface area contributed by atoms with Crippen LogP contribution in [0, 0.1) is 5.92 Å². The maximum absolute atomic E-state index is 12.5. The van der Waals surface area contributed by atoms with E-state index in [-0.39, 0.29) is 0 Å². The van der Waals surface area contributed by atoms with E-state index in [1.807, 2.05) is 30.3 Å². The molecule has 6 nitrogen and oxygen atoms in total. The topological polar surface area (TPSA) is 77.2 Å². The van der Waals surface area contributed by atoms with E-state index in [9.17, 15) is 9.90 Å². The fraction of sp³-hybridized carbons (Fsp3) is 0.625. The SMILES string of the molecule is O=C(O)[C@]1(c2ccccc2)CC[C@](OCC2CC2)(c2nnc3n2CCCCC3)CC1. The number of rotatable bonds is 6. The number of hydrogen-bond acceptors (Lipinski definition) is 4. The van der Waals surface area contributed by atoms with E-state index in [1.54, 1.807) is 0 Å². The van der Waals surface area contributed by atoms with Gasteiger partial charge in [0.2, 0.25) is 0 Å². The molecule has 0 unspecified atom stereocenters. The second-order valence-electron chi connectivity index (χ2n) is 9.40. The molecule has 1 aromatic carbocycles. The Balaban J connectivity index is 1.48. The molecule has 0 saturated heterocycles. The van der Waals surface area contributed by atoms with E-state index in [0.717, 1.165) is 49.6 Å². The fourth-order valence-electron chi connectivity index (χ4n) is 5.28. The monoisotopic (exact) mass is 409 g/mol. The molecule has 1 aromatic heterocycles. The van der Waals surface area contributed by atoms with Crippen LogP contribution in [0.25, 0.3) is 0 Å². The highest BCUT2D eigenvalue weighted by Gasteiger charge is 2.52. The van der Waals surface area contributed by atoms with Gasteiger partial charge in [0.05, 0.1) is 12.0 Å². The smallest absolute Gasteiger partial charge is 0.314 e. The van der Waals surface area contributed by atoms with Gasteiger partial charge in [-0.25, -0.2) is 0 Å². The maximum Gasteiger partial charge on any atom is 0.314 e. The Bertz CT molecular complexity index is 896. The zero-order chi connectivity index (χ0) is 20.6. The van der Waals surface area contributed by atoms with Crippen LogP contribution in [0.1, 0.15) is 75.0 Å². The highest BCUT2D eigenvalue weighted by atomic mass is 16.5. The predicted molar refractivity (Wildman–Crippen MR) is 112 cm³/mol. The third-order valence-corrected chi connectivity index (χ3v) is 7.46. The first-order valence-corrected chi connectivity index (χ1v) is 11.5. The number of nitrogens with zero attached hydrogens (tertiary/aromatic N) is 3. The van der Waals surface area contributed by atoms with Gasteiger partial charge >= 0.3 is 5.97 Å². The van der Waals surface area contributed by atoms with Gasteiger partial charge in [0, 0.05) is 13.0 Å². The van der Waals surface area contributed by atoms with E-state index in [0.29, 0.717) is 31.6 Å². The quantitative estimate of drug-likeness (QED) is 0.773. The lowest BCUT2D eigenvalue weighted by Crippen LogP contribution is -2.47. The molecule has 160 valence electrons. The van der Waals surface area contributed by atoms with Gasteiger partial charge in [0.25, 0.3) is 0 Å². The summed E-state index contributed by atoms with van der Waals surface area (Å²) in [6.07, 6.45) is 9.39. The minimum atomic E-state index is -0.852. The number of carboxylic acid groups (broad SMARTS) is 1. The van der Waals surface area contributed by atoms with Crippen molar-refractivity contribution in [3.63, 3.8) is 0 Å². The minimum absolute atomic E-state index is 0.522. The number of benzene rings is 1. The number of carbonyl (C=O) groups is 1. The second kappa shape index (κ2) is 7.80. The molecule has 6 heteroatoms. The van der Waals surface area contributed by atoms with E-state index < -0.39 is 17.0 Å². The van der Waals surface area contributed by atoms with Gasteiger partial charge in [-0.2, -0.15) is 0 Å². The largest absolute Gasteiger partial charge is 0.481 e. The Kier molecular flexibility index (Phi) is 5.13. The first-order chi connectivity index (χ1) is 14.6. The van der Waals surface area contributed by atoms with E-state index >= 15 is 0 Å². The van der Waals surface area contributed by atoms with E-state index in [1.165, 1.54) is 19.3 Å². The highest BCUT2D eigenvalue weighted by molar-refractivity contribution is 5.81. The average molecular weight is 410 g/mol. The zero-order valence-corrected chi connectivity index (χ0v) is 17.6. The van der Waals surface area contributed by atoms with Crippen molar-refractivity contribution in [1.29, 1.82) is 0 Å². The molecule has 0 spiro atoms. The molecule has 3 aliphatic rings. The third-order valence-electron chi connectivity index (χ3n) is 7.46. The molecule has 1 aliphatic heterocycles. The molecule has 2 saturated carbocycles. The van der Waals surface area contributed by atoms with Crippen LogP contribution in [0.5, 0.6) is 0 Å². The summed E-state index contributed by atoms with van der Waals surface area (Å²) in [5.41, 5.74) is -0.477. The molecule has 1 N–H and O–H groups in total. The number of carboxylic acids is 1. The summed E-state index contributed by atoms with van der Waals surface area (Å²) in [5, 5.41) is 19.4. The van der Waals surface area contributed by atoms with Crippen LogP contribution in [0.2, 0.25) is 0 Å². The van der Waals surface area contributed by atoms with Crippen molar-refractivity contribution >= 4 is 5.97 Å². The van der Waals surface area contributed by atoms with Crippen molar-refractivity contribution in [2.24, 2.45) is 5.92 Å². The number of fused-ring (bicyclic) bond motifs is 1. The maximum atomic E-state index is 12.5. The second-order valence-corrected chi connectivity index (χ2v) is 9.40. The van der Waals surface area contributed by atoms with Crippen molar-refractivity contribution in [1.82, 2.24) is 14.8 Å². The number of aliphatic carboxylic acids is 1. The third kappa shape index (κ3) is 3.45. The Labute approximate surface area is 177 Å². The van der Waals surface area contributed by atoms with Crippen molar-refractivity contribution in [2.45, 2.75) is 81.8 Å². The summed E-state index contributed by atoms with van der Waals surface area (Å²) < 4.78 is 8.93. The van der Waals surface area contributed by atoms with E-state index in [2.05, 4.69) is 14.8 Å². The molecular formula is C24H31N3O3. The van der Waals surface area contributed by atoms with Gasteiger partial charge < -0.3 is 14.4 Å². The summed E-state index contributed by atoms with van der Waals surface area (Å²) in [6.45, 7) is 1.68. The van der Waals surface area contributed by atoms with Gasteiger partial charge in [-0.15, -0.1) is 10.2 Å². The van der Waals surface area contributed by atoms with Gasteiger partial charge in [0.1, 0.15) is 11.4 Å². The lowest BCUT2D eigenvalue weighted by atomic mass is 9.65. The molecule has 0 atom stereocenters. The number of aromatic nitrogens is 3. The Hall–Kier alpha value is -2.21. The van der Waals surface area contributed by atoms with Crippen LogP contribution in [-0.4, -0.2) is 32.4 Å². The summed E-state index contributed by atoms with van der Waals surface area (Å²) in [6, 6.07) is 9.72. The van der Waals surface area contributed by atoms with Crippen molar-refractivity contribution < 1.29 is 14.6 Å². The van der Waals surface area contributed by atoms with Crippen molar-refractivity contribution in [3.05, 3.63) is 47.5 Å². The molecule has 30 heavy (non-hydrogen) atoms. The molecule has 0 amide bonds. The standard InChI is InChI=1S/C24H31N3O3/c28-22(29)23(19-7-3-1-4-8-19)12-14-24(15-13-23,30-17-18-10-11-18)21-26-25-20-9-5-2-6-16-27(20)21/h1,3-4,7-8,18H,2,5-6,9-17H2,(H,28,29)/t23-,24-. The first-order valence-electron chi connectivity index (χ1n) is 11.5. The van der Waals surface area contributed by atoms with Crippen LogP contribution >= 0.6 is 0 Å². The summed E-state index contributed by atoms with van der Waals surface area (Å²) in [7, 11) is 0. The average Bonchev–Trinajstić information content (AvgIpc) is 3.56. The van der Waals surface area contributed by atoms with Crippen LogP contribution in [0.15, 0.2) is 30.3 Å². The van der Waals surface area contributed by atoms with Crippen LogP contribution < -0.4 is 0 Å². The van der Waals surface area contributed by atoms with Crippen LogP contribution in [0.3, 0.4) is 0 Å². The number of ether oxygens (including phenoxy) is 1. The predicted octanol–water partition coefficient (Wildman–Crippen LogP) is 4.22. The van der Waals surface area contributed by atoms with Crippen molar-refractivity contribution in [3.8, 4) is 0 Å². The fourth-order valence-corrected chi connectivity index (χ4v) is 5.28. The van der Waals surface area contributed by atoms with E-state index in [4.69, 9.17) is 4.74 Å². The molecule has 0 bridgehead atoms. The lowest BCUT2D eigenvalue weighted by Gasteiger charge is -2.44. The Morgan fingerprint density at radius 3 is 2.53 bits per heavy atom. The molecule has 2 aliphatic carbocycles. The number of aryl methyl sites for hydroxylation is 1. The Morgan fingerprint density at radius 1 is 1.07 bits per heavy atom. The summed E-state index contributed by atoms with van der Waals surface area (Å²) in [5.74, 6) is 1.92. The first kappa shape index (κ1) is 19.7. The molecule has 2 heterocycles. The minimum Gasteiger partial charge on any atom is -0.481 e. The van der Waals surface area contributed by atoms with Crippen LogP contribution in [0.4, 0.5) is 0 Å². The normalized spacial score (nSPS) is 29.2. The molecule has 0 radical (unpaired) electrons. The summed E-state index contributed by atoms with van der Waals surface area (Å²) >= 11 is 0. The van der Waals surface area contributed by atoms with Gasteiger partial charge in [-0.1, -0.05) is 36.8 Å². The summed E-state index contributed by atoms with van der Waals surface area (Å²) in [4.78, 5) is 12.5. The lowest BCUT2D eigenvalue weighted by molar-refractivity contribution is -0.151. The Morgan fingerprint density at radius 2 is 1.83 bits per heavy atom. The van der Waals surface area contributed by atoms with Crippen molar-refractivity contribution in [2.75, 3.05) is 6.61 Å². The van der Waals surface area contributed by atoms with Gasteiger partial charge in [0.15, 0.2) is 5.82 Å². The molecule has 2 aromatic rings. The highest BCUT2D eigenvalue weighted by Crippen LogP contribution is 2.50. The number of hydrogen-bond donors (Lipinski definition) is 1. The van der Waals surface area contributed by atoms with Gasteiger partial charge in [-0.3, -0.25) is 4.79 Å². The molecule has 2 fully saturated rings. The molecular weight excluding hydrogens is 378 g/mol. The zero-order valence-electron chi connectivity index (χ0n) is 17.6. The molecule has 5 rings (SSSR count). The van der Waals surface area contributed by atoms with Gasteiger partial charge in [-0.05, 0) is 62.8 Å².